The van der Waals surface area contributed by atoms with Gasteiger partial charge >= 0.3 is 0 Å². The van der Waals surface area contributed by atoms with Crippen molar-refractivity contribution < 1.29 is 18.6 Å². The number of H-pyrrole nitrogens is 1. The quantitative estimate of drug-likeness (QED) is 0.357. The van der Waals surface area contributed by atoms with Gasteiger partial charge < -0.3 is 20.8 Å². The molecule has 0 aliphatic carbocycles. The van der Waals surface area contributed by atoms with Gasteiger partial charge in [0.2, 0.25) is 0 Å². The summed E-state index contributed by atoms with van der Waals surface area (Å²) in [6.07, 6.45) is 3.78. The highest BCUT2D eigenvalue weighted by Gasteiger charge is 2.17. The van der Waals surface area contributed by atoms with Crippen LogP contribution in [0.25, 0.3) is 11.0 Å². The molecule has 0 amide bonds. The smallest absolute Gasteiger partial charge is 0.190 e. The molecular weight excluding hydrogens is 368 g/mol. The van der Waals surface area contributed by atoms with Crippen molar-refractivity contribution in [2.45, 2.75) is 25.0 Å². The van der Waals surface area contributed by atoms with Crippen LogP contribution < -0.4 is 21.2 Å². The van der Waals surface area contributed by atoms with Gasteiger partial charge in [-0.15, -0.1) is 0 Å². The molecule has 3 aromatic rings. The summed E-state index contributed by atoms with van der Waals surface area (Å²) in [6, 6.07) is 4.91. The van der Waals surface area contributed by atoms with Crippen LogP contribution in [0, 0.1) is 0 Å². The molecule has 27 heavy (non-hydrogen) atoms. The van der Waals surface area contributed by atoms with E-state index in [0.717, 1.165) is 6.26 Å². The first kappa shape index (κ1) is 18.6. The highest BCUT2D eigenvalue weighted by molar-refractivity contribution is 7.90. The number of aromatic amines is 1. The number of anilines is 3. The molecule has 0 bridgehead atoms. The summed E-state index contributed by atoms with van der Waals surface area (Å²) in [5.74, 6) is 0.950. The lowest BCUT2D eigenvalue weighted by molar-refractivity contribution is -0.104. The van der Waals surface area contributed by atoms with E-state index >= 15 is 0 Å². The number of aromatic nitrogens is 3. The fraction of sp³-hybridized carbons (Fsp3) is 0.235. The van der Waals surface area contributed by atoms with E-state index in [4.69, 9.17) is 15.9 Å². The van der Waals surface area contributed by atoms with Crippen LogP contribution in [-0.2, 0) is 9.84 Å². The summed E-state index contributed by atoms with van der Waals surface area (Å²) in [4.78, 5) is 11.1. The van der Waals surface area contributed by atoms with Crippen LogP contribution in [0.15, 0.2) is 29.6 Å². The van der Waals surface area contributed by atoms with E-state index in [9.17, 15) is 8.42 Å². The second kappa shape index (κ2) is 6.88. The maximum Gasteiger partial charge on any atom is 0.190 e. The average molecular weight is 389 g/mol. The van der Waals surface area contributed by atoms with Crippen LogP contribution in [0.2, 0.25) is 0 Å². The Balaban J connectivity index is 2.11. The number of nitrogens with two attached hydrogens (primary N) is 2. The molecule has 0 saturated heterocycles. The molecule has 0 radical (unpaired) electrons. The van der Waals surface area contributed by atoms with Crippen LogP contribution in [0.3, 0.4) is 0 Å². The van der Waals surface area contributed by atoms with Crippen molar-refractivity contribution in [3.05, 3.63) is 30.1 Å². The fourth-order valence-electron chi connectivity index (χ4n) is 2.55. The standard InChI is InChI=1S/C17H20N6O3S/c1-9(2)26-14-6-12(19)10(7-18)4-13(14)22-16-11-5-15(27(3,24)25)23-17(11)21-8-20-16/h4-9,18H,19H2,1-3H3,(H2,20,21,22,23)/p+1. The van der Waals surface area contributed by atoms with Crippen molar-refractivity contribution >= 4 is 44.3 Å². The number of sulfone groups is 1. The van der Waals surface area contributed by atoms with Gasteiger partial charge in [-0.2, -0.15) is 0 Å². The van der Waals surface area contributed by atoms with Crippen LogP contribution >= 0.6 is 0 Å². The minimum Gasteiger partial charge on any atom is -0.489 e. The minimum absolute atomic E-state index is 0.0630. The zero-order valence-electron chi connectivity index (χ0n) is 15.1. The lowest BCUT2D eigenvalue weighted by Gasteiger charge is -2.17. The summed E-state index contributed by atoms with van der Waals surface area (Å²) in [7, 11) is -3.41. The minimum atomic E-state index is -3.41. The topological polar surface area (TPSA) is 149 Å². The highest BCUT2D eigenvalue weighted by Crippen LogP contribution is 2.34. The van der Waals surface area contributed by atoms with E-state index in [1.807, 2.05) is 13.8 Å². The van der Waals surface area contributed by atoms with E-state index in [2.05, 4.69) is 20.3 Å². The van der Waals surface area contributed by atoms with Crippen LogP contribution in [0.5, 0.6) is 5.75 Å². The van der Waals surface area contributed by atoms with Crippen molar-refractivity contribution in [2.75, 3.05) is 17.3 Å². The molecule has 0 aliphatic heterocycles. The Morgan fingerprint density at radius 1 is 1.30 bits per heavy atom. The van der Waals surface area contributed by atoms with Gasteiger partial charge in [0.1, 0.15) is 28.6 Å². The van der Waals surface area contributed by atoms with E-state index in [-0.39, 0.29) is 11.1 Å². The highest BCUT2D eigenvalue weighted by atomic mass is 32.2. The molecule has 9 nitrogen and oxygen atoms in total. The number of fused-ring (bicyclic) bond motifs is 1. The SMILES string of the molecule is CC(C)Oc1cc(N)c(C=[NH2+])cc1Nc1ncnc2[nH]c(S(C)(=O)=O)cc12. The summed E-state index contributed by atoms with van der Waals surface area (Å²) in [5, 5.41) is 9.39. The second-order valence-electron chi connectivity index (χ2n) is 6.33. The van der Waals surface area contributed by atoms with Gasteiger partial charge in [0.05, 0.1) is 22.7 Å². The van der Waals surface area contributed by atoms with Crippen molar-refractivity contribution in [3.8, 4) is 5.75 Å². The van der Waals surface area contributed by atoms with Crippen molar-refractivity contribution in [3.63, 3.8) is 0 Å². The summed E-state index contributed by atoms with van der Waals surface area (Å²) >= 11 is 0. The summed E-state index contributed by atoms with van der Waals surface area (Å²) in [6.45, 7) is 3.80. The van der Waals surface area contributed by atoms with Gasteiger partial charge in [0, 0.05) is 18.0 Å². The molecule has 0 unspecified atom stereocenters. The molecule has 1 aromatic carbocycles. The van der Waals surface area contributed by atoms with Gasteiger partial charge in [0.25, 0.3) is 0 Å². The van der Waals surface area contributed by atoms with Gasteiger partial charge in [-0.3, -0.25) is 5.41 Å². The maximum absolute atomic E-state index is 11.8. The Hall–Kier alpha value is -3.14. The van der Waals surface area contributed by atoms with Crippen LogP contribution in [0.1, 0.15) is 19.4 Å². The second-order valence-corrected chi connectivity index (χ2v) is 8.31. The molecule has 3 rings (SSSR count). The first-order valence-electron chi connectivity index (χ1n) is 8.15. The monoisotopic (exact) mass is 389 g/mol. The van der Waals surface area contributed by atoms with Gasteiger partial charge in [-0.05, 0) is 26.0 Å². The zero-order valence-corrected chi connectivity index (χ0v) is 16.0. The fourth-order valence-corrected chi connectivity index (χ4v) is 3.16. The number of hydrogen-bond acceptors (Lipinski definition) is 7. The number of ether oxygens (including phenoxy) is 1. The number of benzene rings is 1. The number of nitrogens with one attached hydrogen (secondary N) is 2. The molecule has 0 fully saturated rings. The summed E-state index contributed by atoms with van der Waals surface area (Å²) < 4.78 is 29.5. The number of rotatable bonds is 6. The largest absolute Gasteiger partial charge is 0.489 e. The maximum atomic E-state index is 11.8. The first-order chi connectivity index (χ1) is 12.7. The third kappa shape index (κ3) is 3.85. The van der Waals surface area contributed by atoms with Crippen molar-refractivity contribution in [1.82, 2.24) is 15.0 Å². The van der Waals surface area contributed by atoms with Gasteiger partial charge in [-0.25, -0.2) is 18.4 Å². The van der Waals surface area contributed by atoms with Crippen LogP contribution in [0.4, 0.5) is 17.2 Å². The Morgan fingerprint density at radius 3 is 2.67 bits per heavy atom. The Morgan fingerprint density at radius 2 is 2.04 bits per heavy atom. The molecule has 10 heteroatoms. The predicted molar refractivity (Wildman–Crippen MR) is 104 cm³/mol. The number of hydrogen-bond donors (Lipinski definition) is 4. The lowest BCUT2D eigenvalue weighted by atomic mass is 10.1. The third-order valence-corrected chi connectivity index (χ3v) is 4.80. The van der Waals surface area contributed by atoms with Crippen molar-refractivity contribution in [1.29, 1.82) is 0 Å². The first-order valence-corrected chi connectivity index (χ1v) is 10.0. The zero-order chi connectivity index (χ0) is 19.8. The Kier molecular flexibility index (Phi) is 4.75. The molecule has 0 saturated carbocycles. The van der Waals surface area contributed by atoms with E-state index in [0.29, 0.717) is 39.5 Å². The third-order valence-electron chi connectivity index (χ3n) is 3.78. The molecule has 142 valence electrons. The van der Waals surface area contributed by atoms with Crippen LogP contribution in [-0.4, -0.2) is 41.9 Å². The molecule has 2 heterocycles. The number of nitrogens with zero attached hydrogens (tertiary/aromatic N) is 2. The van der Waals surface area contributed by atoms with E-state index < -0.39 is 9.84 Å². The van der Waals surface area contributed by atoms with Gasteiger partial charge in [0.15, 0.2) is 16.1 Å². The summed E-state index contributed by atoms with van der Waals surface area (Å²) in [5.41, 5.74) is 8.10. The Labute approximate surface area is 156 Å². The predicted octanol–water partition coefficient (Wildman–Crippen LogP) is 0.652. The van der Waals surface area contributed by atoms with Gasteiger partial charge in [-0.1, -0.05) is 0 Å². The molecule has 2 aromatic heterocycles. The molecule has 0 spiro atoms. The number of nitrogen functional groups attached to an aromatic ring is 1. The molecule has 6 N–H and O–H groups in total. The molecular formula is C17H21N6O3S+. The van der Waals surface area contributed by atoms with E-state index in [1.165, 1.54) is 18.6 Å². The normalized spacial score (nSPS) is 11.7. The van der Waals surface area contributed by atoms with Crippen molar-refractivity contribution in [2.24, 2.45) is 0 Å². The van der Waals surface area contributed by atoms with E-state index in [1.54, 1.807) is 12.1 Å². The molecule has 0 atom stereocenters. The molecule has 0 aliphatic rings. The lowest BCUT2D eigenvalue weighted by Crippen LogP contribution is -2.30. The Bertz CT molecular complexity index is 1120. The average Bonchev–Trinajstić information content (AvgIpc) is 3.02.